The summed E-state index contributed by atoms with van der Waals surface area (Å²) in [7, 11) is -1.17. The van der Waals surface area contributed by atoms with Gasteiger partial charge in [-0.3, -0.25) is 4.72 Å². The zero-order chi connectivity index (χ0) is 24.1. The Morgan fingerprint density at radius 2 is 1.71 bits per heavy atom. The van der Waals surface area contributed by atoms with Crippen LogP contribution in [0.25, 0.3) is 0 Å². The van der Waals surface area contributed by atoms with Gasteiger partial charge in [0.15, 0.2) is 17.3 Å². The lowest BCUT2D eigenvalue weighted by Gasteiger charge is -2.16. The molecule has 0 atom stereocenters. The number of hydrogen-bond acceptors (Lipinski definition) is 11. The molecule has 0 unspecified atom stereocenters. The molecule has 0 saturated heterocycles. The standard InChI is InChI=1S/C21H21N3O9S/c1-28-13-7-14(29-2)9-15(8-13)33-19-20(22-11-23-21(19)30-6-5-25)24-34(26,27)16-3-4-17-18(10-16)32-12-31-17/h3-4,7-11,25H,5-6,12H2,1-2H3,(H,22,23,24). The molecule has 0 amide bonds. The van der Waals surface area contributed by atoms with Gasteiger partial charge < -0.3 is 33.5 Å². The molecule has 4 rings (SSSR count). The monoisotopic (exact) mass is 491 g/mol. The van der Waals surface area contributed by atoms with Crippen LogP contribution in [-0.2, 0) is 10.0 Å². The van der Waals surface area contributed by atoms with Gasteiger partial charge in [0.1, 0.15) is 30.2 Å². The van der Waals surface area contributed by atoms with Crippen LogP contribution in [0.1, 0.15) is 0 Å². The average molecular weight is 491 g/mol. The Morgan fingerprint density at radius 1 is 1.00 bits per heavy atom. The van der Waals surface area contributed by atoms with Crippen LogP contribution in [-0.4, -0.2) is 57.7 Å². The molecule has 0 radical (unpaired) electrons. The van der Waals surface area contributed by atoms with Gasteiger partial charge in [-0.25, -0.2) is 13.4 Å². The number of sulfonamides is 1. The predicted molar refractivity (Wildman–Crippen MR) is 118 cm³/mol. The van der Waals surface area contributed by atoms with E-state index in [2.05, 4.69) is 14.7 Å². The van der Waals surface area contributed by atoms with Gasteiger partial charge in [0.05, 0.1) is 25.7 Å². The Labute approximate surface area is 195 Å². The summed E-state index contributed by atoms with van der Waals surface area (Å²) in [5.41, 5.74) is 0. The molecule has 0 fully saturated rings. The van der Waals surface area contributed by atoms with E-state index in [0.717, 1.165) is 6.33 Å². The molecule has 2 aromatic carbocycles. The zero-order valence-electron chi connectivity index (χ0n) is 18.2. The number of hydrogen-bond donors (Lipinski definition) is 2. The molecule has 0 saturated carbocycles. The van der Waals surface area contributed by atoms with E-state index in [9.17, 15) is 8.42 Å². The van der Waals surface area contributed by atoms with Crippen molar-refractivity contribution >= 4 is 15.8 Å². The number of rotatable bonds is 10. The average Bonchev–Trinajstić information content (AvgIpc) is 3.32. The molecule has 2 N–H and O–H groups in total. The van der Waals surface area contributed by atoms with Crippen molar-refractivity contribution in [1.82, 2.24) is 9.97 Å². The highest BCUT2D eigenvalue weighted by Crippen LogP contribution is 2.40. The first-order valence-corrected chi connectivity index (χ1v) is 11.3. The number of aliphatic hydroxyl groups is 1. The van der Waals surface area contributed by atoms with E-state index in [1.165, 1.54) is 32.4 Å². The second-order valence-electron chi connectivity index (χ2n) is 6.70. The normalized spacial score (nSPS) is 12.2. The van der Waals surface area contributed by atoms with Crippen LogP contribution < -0.4 is 33.1 Å². The third-order valence-corrected chi connectivity index (χ3v) is 5.87. The fourth-order valence-corrected chi connectivity index (χ4v) is 3.98. The number of methoxy groups -OCH3 is 2. The Morgan fingerprint density at radius 3 is 2.41 bits per heavy atom. The topological polar surface area (TPSA) is 148 Å². The summed E-state index contributed by atoms with van der Waals surface area (Å²) >= 11 is 0. The van der Waals surface area contributed by atoms with E-state index >= 15 is 0 Å². The summed E-state index contributed by atoms with van der Waals surface area (Å²) in [5, 5.41) is 9.15. The molecule has 1 aliphatic heterocycles. The molecule has 1 aliphatic rings. The van der Waals surface area contributed by atoms with Gasteiger partial charge in [-0.2, -0.15) is 4.98 Å². The minimum Gasteiger partial charge on any atom is -0.496 e. The second kappa shape index (κ2) is 9.89. The fraction of sp³-hybridized carbons (Fsp3) is 0.238. The highest BCUT2D eigenvalue weighted by molar-refractivity contribution is 7.92. The van der Waals surface area contributed by atoms with Crippen LogP contribution in [0.4, 0.5) is 5.82 Å². The summed E-state index contributed by atoms with van der Waals surface area (Å²) in [6.07, 6.45) is 1.10. The van der Waals surface area contributed by atoms with Crippen LogP contribution in [0.3, 0.4) is 0 Å². The number of fused-ring (bicyclic) bond motifs is 1. The maximum Gasteiger partial charge on any atom is 0.263 e. The smallest absolute Gasteiger partial charge is 0.263 e. The number of nitrogens with zero attached hydrogens (tertiary/aromatic N) is 2. The van der Waals surface area contributed by atoms with E-state index in [1.54, 1.807) is 18.2 Å². The van der Waals surface area contributed by atoms with Crippen molar-refractivity contribution in [1.29, 1.82) is 0 Å². The van der Waals surface area contributed by atoms with E-state index < -0.39 is 10.0 Å². The fourth-order valence-electron chi connectivity index (χ4n) is 2.96. The molecule has 34 heavy (non-hydrogen) atoms. The molecule has 0 aliphatic carbocycles. The first kappa shape index (κ1) is 23.2. The van der Waals surface area contributed by atoms with Gasteiger partial charge in [0.25, 0.3) is 15.9 Å². The quantitative estimate of drug-likeness (QED) is 0.430. The van der Waals surface area contributed by atoms with Crippen molar-refractivity contribution in [2.45, 2.75) is 4.90 Å². The van der Waals surface area contributed by atoms with Gasteiger partial charge >= 0.3 is 0 Å². The minimum atomic E-state index is -4.12. The number of nitrogens with one attached hydrogen (secondary N) is 1. The van der Waals surface area contributed by atoms with E-state index in [-0.39, 0.29) is 48.1 Å². The van der Waals surface area contributed by atoms with Crippen molar-refractivity contribution in [3.05, 3.63) is 42.7 Å². The van der Waals surface area contributed by atoms with Crippen LogP contribution in [0.15, 0.2) is 47.6 Å². The lowest BCUT2D eigenvalue weighted by atomic mass is 10.3. The van der Waals surface area contributed by atoms with Crippen molar-refractivity contribution in [2.24, 2.45) is 0 Å². The van der Waals surface area contributed by atoms with Crippen molar-refractivity contribution in [3.8, 4) is 40.4 Å². The highest BCUT2D eigenvalue weighted by Gasteiger charge is 2.25. The molecule has 13 heteroatoms. The summed E-state index contributed by atoms with van der Waals surface area (Å²) < 4.78 is 60.9. The van der Waals surface area contributed by atoms with Crippen LogP contribution in [0.5, 0.6) is 40.4 Å². The molecule has 3 aromatic rings. The number of benzene rings is 2. The second-order valence-corrected chi connectivity index (χ2v) is 8.38. The molecule has 0 bridgehead atoms. The summed E-state index contributed by atoms with van der Waals surface area (Å²) in [6, 6.07) is 8.95. The third kappa shape index (κ3) is 5.00. The van der Waals surface area contributed by atoms with Gasteiger partial charge in [-0.1, -0.05) is 0 Å². The summed E-state index contributed by atoms with van der Waals surface area (Å²) in [4.78, 5) is 7.95. The molecule has 1 aromatic heterocycles. The van der Waals surface area contributed by atoms with Crippen molar-refractivity contribution in [3.63, 3.8) is 0 Å². The molecule has 180 valence electrons. The van der Waals surface area contributed by atoms with Crippen LogP contribution in [0, 0.1) is 0 Å². The Bertz CT molecular complexity index is 1260. The largest absolute Gasteiger partial charge is 0.496 e. The van der Waals surface area contributed by atoms with Crippen LogP contribution in [0.2, 0.25) is 0 Å². The van der Waals surface area contributed by atoms with Gasteiger partial charge in [-0.05, 0) is 12.1 Å². The Balaban J connectivity index is 1.71. The van der Waals surface area contributed by atoms with Gasteiger partial charge in [0, 0.05) is 24.3 Å². The van der Waals surface area contributed by atoms with E-state index in [4.69, 9.17) is 33.5 Å². The maximum atomic E-state index is 13.1. The number of aliphatic hydroxyl groups excluding tert-OH is 1. The predicted octanol–water partition coefficient (Wildman–Crippen LogP) is 2.19. The number of ether oxygens (including phenoxy) is 6. The lowest BCUT2D eigenvalue weighted by molar-refractivity contribution is 0.174. The molecule has 0 spiro atoms. The summed E-state index contributed by atoms with van der Waals surface area (Å²) in [5.74, 6) is 1.45. The maximum absolute atomic E-state index is 13.1. The Kier molecular flexibility index (Phi) is 6.75. The lowest BCUT2D eigenvalue weighted by Crippen LogP contribution is -2.15. The third-order valence-electron chi connectivity index (χ3n) is 4.53. The van der Waals surface area contributed by atoms with Crippen LogP contribution >= 0.6 is 0 Å². The van der Waals surface area contributed by atoms with Crippen molar-refractivity contribution in [2.75, 3.05) is 38.9 Å². The van der Waals surface area contributed by atoms with Gasteiger partial charge in [-0.15, -0.1) is 0 Å². The minimum absolute atomic E-state index is 0.00567. The van der Waals surface area contributed by atoms with Gasteiger partial charge in [0.2, 0.25) is 12.5 Å². The highest BCUT2D eigenvalue weighted by atomic mass is 32.2. The van der Waals surface area contributed by atoms with E-state index in [1.807, 2.05) is 0 Å². The van der Waals surface area contributed by atoms with E-state index in [0.29, 0.717) is 23.0 Å². The molecular formula is C21H21N3O9S. The molecule has 12 nitrogen and oxygen atoms in total. The number of aromatic nitrogens is 2. The first-order valence-electron chi connectivity index (χ1n) is 9.85. The Hall–Kier alpha value is -3.97. The SMILES string of the molecule is COc1cc(OC)cc(Oc2c(NS(=O)(=O)c3ccc4c(c3)OCO4)ncnc2OCCO)c1. The summed E-state index contributed by atoms with van der Waals surface area (Å²) in [6.45, 7) is -0.399. The van der Waals surface area contributed by atoms with Crippen molar-refractivity contribution < 1.29 is 41.9 Å². The molecular weight excluding hydrogens is 470 g/mol. The zero-order valence-corrected chi connectivity index (χ0v) is 19.0. The number of anilines is 1. The molecule has 2 heterocycles. The first-order chi connectivity index (χ1) is 16.4.